The number of halogens is 2. The van der Waals surface area contributed by atoms with Gasteiger partial charge in [-0.25, -0.2) is 19.3 Å². The average molecular weight is 332 g/mol. The molecular formula is C16H15ClFN5. The lowest BCUT2D eigenvalue weighted by Gasteiger charge is -2.08. The first-order valence-electron chi connectivity index (χ1n) is 7.64. The number of hydrogen-bond acceptors (Lipinski definition) is 4. The monoisotopic (exact) mass is 331 g/mol. The number of rotatable bonds is 2. The van der Waals surface area contributed by atoms with Crippen molar-refractivity contribution < 1.29 is 4.39 Å². The summed E-state index contributed by atoms with van der Waals surface area (Å²) < 4.78 is 15.3. The molecule has 2 aromatic heterocycles. The number of benzene rings is 1. The molecule has 1 aliphatic rings. The smallest absolute Gasteiger partial charge is 0.165 e. The number of nitrogens with one attached hydrogen (secondary N) is 1. The van der Waals surface area contributed by atoms with E-state index >= 15 is 0 Å². The molecule has 0 atom stereocenters. The maximum Gasteiger partial charge on any atom is 0.165 e. The van der Waals surface area contributed by atoms with Gasteiger partial charge in [0.25, 0.3) is 0 Å². The number of aryl methyl sites for hydroxylation is 2. The SMILES string of the molecule is Fc1ccc(Nc2ncnc3c2nc2n3CCCCC2)c(Cl)c1. The fraction of sp³-hybridized carbons (Fsp3) is 0.312. The zero-order valence-corrected chi connectivity index (χ0v) is 13.1. The number of hydrogen-bond donors (Lipinski definition) is 1. The van der Waals surface area contributed by atoms with Gasteiger partial charge in [0, 0.05) is 13.0 Å². The molecule has 0 spiro atoms. The van der Waals surface area contributed by atoms with Crippen LogP contribution in [-0.4, -0.2) is 19.5 Å². The normalized spacial score (nSPS) is 14.5. The average Bonchev–Trinajstić information content (AvgIpc) is 2.73. The minimum Gasteiger partial charge on any atom is -0.337 e. The Morgan fingerprint density at radius 1 is 1.17 bits per heavy atom. The fourth-order valence-corrected chi connectivity index (χ4v) is 3.16. The van der Waals surface area contributed by atoms with Gasteiger partial charge in [0.2, 0.25) is 0 Å². The molecule has 5 nitrogen and oxygen atoms in total. The van der Waals surface area contributed by atoms with Gasteiger partial charge in [-0.1, -0.05) is 18.0 Å². The van der Waals surface area contributed by atoms with Gasteiger partial charge in [-0.2, -0.15) is 0 Å². The highest BCUT2D eigenvalue weighted by atomic mass is 35.5. The van der Waals surface area contributed by atoms with Gasteiger partial charge < -0.3 is 9.88 Å². The van der Waals surface area contributed by atoms with Crippen molar-refractivity contribution >= 4 is 34.3 Å². The quantitative estimate of drug-likeness (QED) is 0.768. The van der Waals surface area contributed by atoms with Crippen LogP contribution in [0.5, 0.6) is 0 Å². The van der Waals surface area contributed by atoms with Crippen molar-refractivity contribution in [2.45, 2.75) is 32.2 Å². The first-order chi connectivity index (χ1) is 11.2. The maximum absolute atomic E-state index is 13.2. The summed E-state index contributed by atoms with van der Waals surface area (Å²) in [5.74, 6) is 1.26. The molecule has 0 bridgehead atoms. The summed E-state index contributed by atoms with van der Waals surface area (Å²) in [7, 11) is 0. The zero-order valence-electron chi connectivity index (χ0n) is 12.4. The molecule has 1 aliphatic heterocycles. The second kappa shape index (κ2) is 5.77. The van der Waals surface area contributed by atoms with E-state index in [0.29, 0.717) is 16.5 Å². The molecule has 0 amide bonds. The van der Waals surface area contributed by atoms with E-state index in [-0.39, 0.29) is 5.82 Å². The molecule has 4 rings (SSSR count). The summed E-state index contributed by atoms with van der Waals surface area (Å²) in [6, 6.07) is 4.21. The molecule has 23 heavy (non-hydrogen) atoms. The number of imidazole rings is 1. The van der Waals surface area contributed by atoms with E-state index in [1.54, 1.807) is 6.07 Å². The number of nitrogens with zero attached hydrogens (tertiary/aromatic N) is 4. The van der Waals surface area contributed by atoms with E-state index in [0.717, 1.165) is 42.8 Å². The highest BCUT2D eigenvalue weighted by Crippen LogP contribution is 2.29. The fourth-order valence-electron chi connectivity index (χ4n) is 2.95. The van der Waals surface area contributed by atoms with Gasteiger partial charge in [0.05, 0.1) is 10.7 Å². The van der Waals surface area contributed by atoms with Crippen molar-refractivity contribution in [1.82, 2.24) is 19.5 Å². The predicted molar refractivity (Wildman–Crippen MR) is 87.6 cm³/mol. The largest absolute Gasteiger partial charge is 0.337 e. The molecule has 0 radical (unpaired) electrons. The lowest BCUT2D eigenvalue weighted by atomic mass is 10.2. The molecule has 3 heterocycles. The van der Waals surface area contributed by atoms with Crippen molar-refractivity contribution in [3.8, 4) is 0 Å². The van der Waals surface area contributed by atoms with Crippen LogP contribution >= 0.6 is 11.6 Å². The van der Waals surface area contributed by atoms with E-state index in [9.17, 15) is 4.39 Å². The van der Waals surface area contributed by atoms with Crippen LogP contribution in [0.2, 0.25) is 5.02 Å². The van der Waals surface area contributed by atoms with Crippen LogP contribution in [0.25, 0.3) is 11.2 Å². The van der Waals surface area contributed by atoms with Crippen molar-refractivity contribution in [1.29, 1.82) is 0 Å². The second-order valence-corrected chi connectivity index (χ2v) is 6.04. The van der Waals surface area contributed by atoms with Crippen LogP contribution in [0.3, 0.4) is 0 Å². The van der Waals surface area contributed by atoms with Gasteiger partial charge in [0.15, 0.2) is 17.0 Å². The van der Waals surface area contributed by atoms with Crippen molar-refractivity contribution in [2.75, 3.05) is 5.32 Å². The summed E-state index contributed by atoms with van der Waals surface area (Å²) in [6.45, 7) is 0.930. The van der Waals surface area contributed by atoms with E-state index in [1.165, 1.54) is 24.9 Å². The maximum atomic E-state index is 13.2. The first kappa shape index (κ1) is 14.4. The first-order valence-corrected chi connectivity index (χ1v) is 8.02. The molecule has 1 aromatic carbocycles. The van der Waals surface area contributed by atoms with Crippen LogP contribution < -0.4 is 5.32 Å². The number of fused-ring (bicyclic) bond motifs is 3. The molecule has 118 valence electrons. The Bertz CT molecular complexity index is 876. The van der Waals surface area contributed by atoms with Crippen LogP contribution in [0.1, 0.15) is 25.1 Å². The molecule has 1 N–H and O–H groups in total. The van der Waals surface area contributed by atoms with Crippen LogP contribution in [0.4, 0.5) is 15.9 Å². The van der Waals surface area contributed by atoms with Gasteiger partial charge in [-0.05, 0) is 31.0 Å². The van der Waals surface area contributed by atoms with Crippen molar-refractivity contribution in [3.63, 3.8) is 0 Å². The van der Waals surface area contributed by atoms with Gasteiger partial charge in [-0.15, -0.1) is 0 Å². The lowest BCUT2D eigenvalue weighted by molar-refractivity contribution is 0.628. The Balaban J connectivity index is 1.78. The summed E-state index contributed by atoms with van der Waals surface area (Å²) in [5.41, 5.74) is 2.15. The Morgan fingerprint density at radius 3 is 2.96 bits per heavy atom. The molecule has 0 unspecified atom stereocenters. The van der Waals surface area contributed by atoms with E-state index in [2.05, 4.69) is 19.9 Å². The standard InChI is InChI=1S/C16H15ClFN5/c17-11-8-10(18)5-6-12(11)21-15-14-16(20-9-19-15)23-7-3-1-2-4-13(23)22-14/h5-6,8-9H,1-4,7H2,(H,19,20,21). The summed E-state index contributed by atoms with van der Waals surface area (Å²) in [5, 5.41) is 3.44. The number of aromatic nitrogens is 4. The highest BCUT2D eigenvalue weighted by molar-refractivity contribution is 6.33. The second-order valence-electron chi connectivity index (χ2n) is 5.63. The Kier molecular flexibility index (Phi) is 3.61. The number of anilines is 2. The van der Waals surface area contributed by atoms with Crippen molar-refractivity contribution in [3.05, 3.63) is 41.2 Å². The van der Waals surface area contributed by atoms with Crippen LogP contribution in [0.15, 0.2) is 24.5 Å². The molecule has 7 heteroatoms. The van der Waals surface area contributed by atoms with Crippen LogP contribution in [0, 0.1) is 5.82 Å². The molecular weight excluding hydrogens is 317 g/mol. The lowest BCUT2D eigenvalue weighted by Crippen LogP contribution is -2.02. The Hall–Kier alpha value is -2.21. The third kappa shape index (κ3) is 2.63. The van der Waals surface area contributed by atoms with Gasteiger partial charge >= 0.3 is 0 Å². The molecule has 0 saturated heterocycles. The third-order valence-corrected chi connectivity index (χ3v) is 4.39. The van der Waals surface area contributed by atoms with Gasteiger partial charge in [0.1, 0.15) is 18.0 Å². The van der Waals surface area contributed by atoms with Crippen LogP contribution in [-0.2, 0) is 13.0 Å². The van der Waals surface area contributed by atoms with E-state index in [4.69, 9.17) is 16.6 Å². The summed E-state index contributed by atoms with van der Waals surface area (Å²) in [4.78, 5) is 13.4. The molecule has 0 fully saturated rings. The minimum atomic E-state index is -0.373. The highest BCUT2D eigenvalue weighted by Gasteiger charge is 2.18. The molecule has 3 aromatic rings. The predicted octanol–water partition coefficient (Wildman–Crippen LogP) is 4.09. The molecule has 0 saturated carbocycles. The summed E-state index contributed by atoms with van der Waals surface area (Å²) >= 11 is 6.08. The van der Waals surface area contributed by atoms with Gasteiger partial charge in [-0.3, -0.25) is 0 Å². The molecule has 0 aliphatic carbocycles. The summed E-state index contributed by atoms with van der Waals surface area (Å²) in [6.07, 6.45) is 5.96. The zero-order chi connectivity index (χ0) is 15.8. The topological polar surface area (TPSA) is 55.6 Å². The van der Waals surface area contributed by atoms with Crippen molar-refractivity contribution in [2.24, 2.45) is 0 Å². The van der Waals surface area contributed by atoms with E-state index < -0.39 is 0 Å². The Labute approximate surface area is 137 Å². The van der Waals surface area contributed by atoms with E-state index in [1.807, 2.05) is 0 Å². The Morgan fingerprint density at radius 2 is 2.09 bits per heavy atom. The third-order valence-electron chi connectivity index (χ3n) is 4.08. The minimum absolute atomic E-state index is 0.303.